The van der Waals surface area contributed by atoms with Crippen LogP contribution >= 0.6 is 0 Å². The molecule has 0 bridgehead atoms. The fourth-order valence-corrected chi connectivity index (χ4v) is 0. The van der Waals surface area contributed by atoms with Crippen molar-refractivity contribution in [2.75, 3.05) is 0 Å². The molecule has 8 heteroatoms. The maximum Gasteiger partial charge on any atom is 1.00 e. The van der Waals surface area contributed by atoms with Crippen molar-refractivity contribution >= 4 is 0 Å². The van der Waals surface area contributed by atoms with E-state index in [-0.39, 0.29) is 129 Å². The Bertz CT molecular complexity index is 11.2. The standard InChI is InChI=1S/3Na.H2O.3O.V/h;;;1H2;;;;/q3*+1;;3*-2;/p-1. The first-order chi connectivity index (χ1) is 0. The van der Waals surface area contributed by atoms with Crippen LogP contribution in [-0.4, -0.2) is 5.48 Å². The molecule has 0 saturated carbocycles. The van der Waals surface area contributed by atoms with Crippen LogP contribution in [0, 0.1) is 0 Å². The summed E-state index contributed by atoms with van der Waals surface area (Å²) < 4.78 is 0. The second-order valence-corrected chi connectivity index (χ2v) is 0. The van der Waals surface area contributed by atoms with Crippen molar-refractivity contribution in [3.63, 3.8) is 0 Å². The van der Waals surface area contributed by atoms with Crippen molar-refractivity contribution in [2.45, 2.75) is 0 Å². The molecular weight excluding hydrogens is 184 g/mol. The summed E-state index contributed by atoms with van der Waals surface area (Å²) in [5.74, 6) is 0. The summed E-state index contributed by atoms with van der Waals surface area (Å²) in [6.07, 6.45) is 0. The van der Waals surface area contributed by atoms with Crippen LogP contribution in [0.4, 0.5) is 0 Å². The average Bonchev–Trinajstić information content (AvgIpc) is 0. The Morgan fingerprint density at radius 3 is 0.500 bits per heavy atom. The molecule has 0 aliphatic carbocycles. The molecule has 4 nitrogen and oxygen atoms in total. The number of hydrogen-bond donors (Lipinski definition) is 0. The van der Waals surface area contributed by atoms with Gasteiger partial charge in [0.05, 0.1) is 0 Å². The molecule has 0 aromatic carbocycles. The summed E-state index contributed by atoms with van der Waals surface area (Å²) in [7, 11) is 0. The van der Waals surface area contributed by atoms with E-state index in [4.69, 9.17) is 0 Å². The Kier molecular flexibility index (Phi) is 1040. The van der Waals surface area contributed by atoms with Gasteiger partial charge in [-0.05, 0) is 0 Å². The number of hydrogen-bond acceptors (Lipinski definition) is 1. The van der Waals surface area contributed by atoms with Gasteiger partial charge in [-0.25, -0.2) is 0 Å². The summed E-state index contributed by atoms with van der Waals surface area (Å²) in [5.41, 5.74) is 0. The molecular formula is HNa3O4V-4. The van der Waals surface area contributed by atoms with Crippen molar-refractivity contribution in [3.8, 4) is 0 Å². The first kappa shape index (κ1) is 106. The van der Waals surface area contributed by atoms with Gasteiger partial charge in [-0.1, -0.05) is 0 Å². The van der Waals surface area contributed by atoms with Gasteiger partial charge in [0, 0.05) is 18.6 Å². The second kappa shape index (κ2) is 79.0. The average molecular weight is 185 g/mol. The van der Waals surface area contributed by atoms with Gasteiger partial charge in [0.15, 0.2) is 0 Å². The van der Waals surface area contributed by atoms with Crippen LogP contribution in [0.5, 0.6) is 0 Å². The number of rotatable bonds is 0. The van der Waals surface area contributed by atoms with Crippen molar-refractivity contribution < 1.29 is 129 Å². The van der Waals surface area contributed by atoms with Crippen molar-refractivity contribution in [1.82, 2.24) is 0 Å². The Morgan fingerprint density at radius 2 is 0.500 bits per heavy atom. The maximum atomic E-state index is 0. The predicted molar refractivity (Wildman–Crippen MR) is 4.00 cm³/mol. The topological polar surface area (TPSA) is 116 Å². The Balaban J connectivity index is 0. The summed E-state index contributed by atoms with van der Waals surface area (Å²) in [5, 5.41) is 0. The van der Waals surface area contributed by atoms with E-state index in [0.717, 1.165) is 0 Å². The molecule has 0 unspecified atom stereocenters. The zero-order valence-corrected chi connectivity index (χ0v) is 12.5. The van der Waals surface area contributed by atoms with Crippen LogP contribution in [0.3, 0.4) is 0 Å². The van der Waals surface area contributed by atoms with E-state index >= 15 is 0 Å². The molecule has 8 heavy (non-hydrogen) atoms. The van der Waals surface area contributed by atoms with Gasteiger partial charge in [-0.15, -0.1) is 0 Å². The third-order valence-electron chi connectivity index (χ3n) is 0. The molecule has 37 valence electrons. The van der Waals surface area contributed by atoms with Gasteiger partial charge in [0.25, 0.3) is 0 Å². The fourth-order valence-electron chi connectivity index (χ4n) is 0. The molecule has 0 aromatic rings. The van der Waals surface area contributed by atoms with Crippen molar-refractivity contribution in [3.05, 3.63) is 0 Å². The largest absolute Gasteiger partial charge is 2.00 e. The van der Waals surface area contributed by atoms with Crippen LogP contribution in [0.2, 0.25) is 0 Å². The summed E-state index contributed by atoms with van der Waals surface area (Å²) in [6, 6.07) is 0. The van der Waals surface area contributed by atoms with Gasteiger partial charge < -0.3 is 21.9 Å². The molecule has 0 heterocycles. The second-order valence-electron chi connectivity index (χ2n) is 0. The van der Waals surface area contributed by atoms with Gasteiger partial charge in [-0.2, -0.15) is 0 Å². The smallest absolute Gasteiger partial charge is 1.00 e. The van der Waals surface area contributed by atoms with E-state index in [1.54, 1.807) is 0 Å². The van der Waals surface area contributed by atoms with Crippen LogP contribution in [0.15, 0.2) is 0 Å². The van der Waals surface area contributed by atoms with Gasteiger partial charge in [0.1, 0.15) is 0 Å². The van der Waals surface area contributed by atoms with Gasteiger partial charge >= 0.3 is 88.7 Å². The monoisotopic (exact) mass is 185 g/mol. The molecule has 0 aromatic heterocycles. The molecule has 0 fully saturated rings. The van der Waals surface area contributed by atoms with E-state index < -0.39 is 0 Å². The minimum atomic E-state index is 0. The fraction of sp³-hybridized carbons (Fsp3) is 0. The van der Waals surface area contributed by atoms with Gasteiger partial charge in [0.2, 0.25) is 0 Å². The summed E-state index contributed by atoms with van der Waals surface area (Å²) in [4.78, 5) is 0. The third-order valence-corrected chi connectivity index (χ3v) is 0. The maximum absolute atomic E-state index is 0. The van der Waals surface area contributed by atoms with E-state index in [1.807, 2.05) is 0 Å². The molecule has 0 aliphatic heterocycles. The third kappa shape index (κ3) is 57.0. The van der Waals surface area contributed by atoms with Crippen LogP contribution in [0.1, 0.15) is 0 Å². The van der Waals surface area contributed by atoms with E-state index in [9.17, 15) is 0 Å². The Labute approximate surface area is 127 Å². The molecule has 0 spiro atoms. The van der Waals surface area contributed by atoms with Crippen molar-refractivity contribution in [2.24, 2.45) is 0 Å². The first-order valence-electron chi connectivity index (χ1n) is 0. The molecule has 0 rings (SSSR count). The minimum absolute atomic E-state index is 0. The first-order valence-corrected chi connectivity index (χ1v) is 0. The van der Waals surface area contributed by atoms with E-state index in [1.165, 1.54) is 0 Å². The Morgan fingerprint density at radius 1 is 0.500 bits per heavy atom. The van der Waals surface area contributed by atoms with Crippen LogP contribution in [0.25, 0.3) is 0 Å². The molecule has 0 atom stereocenters. The summed E-state index contributed by atoms with van der Waals surface area (Å²) >= 11 is 0. The Hall–Kier alpha value is 3.42. The zero-order chi connectivity index (χ0) is 0. The molecule has 0 amide bonds. The normalized spacial score (nSPS) is 0. The van der Waals surface area contributed by atoms with E-state index in [2.05, 4.69) is 0 Å². The molecule has 1 N–H and O–H groups in total. The van der Waals surface area contributed by atoms with Gasteiger partial charge in [-0.3, -0.25) is 0 Å². The molecule has 0 saturated heterocycles. The molecule has 1 radical (unpaired) electrons. The zero-order valence-electron chi connectivity index (χ0n) is 5.12. The van der Waals surface area contributed by atoms with E-state index in [0.29, 0.717) is 0 Å². The van der Waals surface area contributed by atoms with Crippen molar-refractivity contribution in [1.29, 1.82) is 0 Å². The van der Waals surface area contributed by atoms with Crippen LogP contribution < -0.4 is 88.7 Å². The van der Waals surface area contributed by atoms with Crippen LogP contribution in [-0.2, 0) is 35.0 Å². The molecule has 0 aliphatic rings. The quantitative estimate of drug-likeness (QED) is 0.342. The summed E-state index contributed by atoms with van der Waals surface area (Å²) in [6.45, 7) is 0. The SMILES string of the molecule is [Na+].[Na+].[Na+].[O-2].[O-2].[O-2].[OH-].[V]. The minimum Gasteiger partial charge on any atom is -2.00 e. The predicted octanol–water partition coefficient (Wildman–Crippen LogP) is -9.52.